The van der Waals surface area contributed by atoms with E-state index in [0.29, 0.717) is 51.0 Å². The number of aliphatic hydroxyl groups is 1. The number of aliphatic hydroxyl groups excluding tert-OH is 1. The average Bonchev–Trinajstić information content (AvgIpc) is 2.61. The number of rotatable bonds is 11. The van der Waals surface area contributed by atoms with Gasteiger partial charge in [-0.15, -0.1) is 0 Å². The summed E-state index contributed by atoms with van der Waals surface area (Å²) < 4.78 is 21.2. The third kappa shape index (κ3) is 8.03. The molecule has 0 spiro atoms. The fourth-order valence-corrected chi connectivity index (χ4v) is 2.35. The van der Waals surface area contributed by atoms with Gasteiger partial charge in [0.25, 0.3) is 0 Å². The average molecular weight is 384 g/mol. The number of anilines is 1. The molecule has 1 rings (SSSR count). The molecule has 8 heteroatoms. The van der Waals surface area contributed by atoms with E-state index in [4.69, 9.17) is 29.8 Å². The molecule has 0 aromatic heterocycles. The number of hydrogen-bond donors (Lipinski definition) is 2. The highest BCUT2D eigenvalue weighted by atomic mass is 16.5. The second-order valence-corrected chi connectivity index (χ2v) is 6.86. The number of hydrogen-bond acceptors (Lipinski definition) is 7. The molecule has 0 atom stereocenters. The van der Waals surface area contributed by atoms with Crippen molar-refractivity contribution in [1.29, 1.82) is 0 Å². The molecule has 0 heterocycles. The van der Waals surface area contributed by atoms with E-state index in [1.54, 1.807) is 11.0 Å². The molecule has 0 unspecified atom stereocenters. The molecule has 1 aromatic carbocycles. The van der Waals surface area contributed by atoms with E-state index < -0.39 is 11.6 Å². The predicted octanol–water partition coefficient (Wildman–Crippen LogP) is 2.04. The van der Waals surface area contributed by atoms with Gasteiger partial charge in [-0.1, -0.05) is 12.1 Å². The van der Waals surface area contributed by atoms with Crippen LogP contribution in [0.25, 0.3) is 0 Å². The molecule has 154 valence electrons. The van der Waals surface area contributed by atoms with E-state index in [0.717, 1.165) is 5.56 Å². The van der Waals surface area contributed by atoms with E-state index in [9.17, 15) is 4.79 Å². The summed E-state index contributed by atoms with van der Waals surface area (Å²) in [7, 11) is 1.36. The monoisotopic (exact) mass is 384 g/mol. The van der Waals surface area contributed by atoms with Crippen LogP contribution in [-0.4, -0.2) is 68.4 Å². The zero-order valence-electron chi connectivity index (χ0n) is 16.7. The lowest BCUT2D eigenvalue weighted by atomic mass is 10.0. The molecule has 8 nitrogen and oxygen atoms in total. The summed E-state index contributed by atoms with van der Waals surface area (Å²) in [4.78, 5) is 13.8. The highest BCUT2D eigenvalue weighted by molar-refractivity contribution is 5.69. The van der Waals surface area contributed by atoms with Crippen molar-refractivity contribution in [2.45, 2.75) is 32.9 Å². The molecule has 3 N–H and O–H groups in total. The van der Waals surface area contributed by atoms with Gasteiger partial charge in [0.15, 0.2) is 0 Å². The van der Waals surface area contributed by atoms with Gasteiger partial charge in [0, 0.05) is 11.1 Å². The van der Waals surface area contributed by atoms with E-state index >= 15 is 0 Å². The number of nitrogens with zero attached hydrogens (tertiary/aromatic N) is 1. The Labute approximate surface area is 161 Å². The fourth-order valence-electron chi connectivity index (χ4n) is 2.35. The van der Waals surface area contributed by atoms with Gasteiger partial charge in [0.2, 0.25) is 0 Å². The van der Waals surface area contributed by atoms with Gasteiger partial charge in [-0.3, -0.25) is 4.90 Å². The second-order valence-electron chi connectivity index (χ2n) is 6.86. The molecule has 0 bridgehead atoms. The Morgan fingerprint density at radius 2 is 1.74 bits per heavy atom. The summed E-state index contributed by atoms with van der Waals surface area (Å²) in [6.45, 7) is 7.93. The molecule has 1 aromatic rings. The summed E-state index contributed by atoms with van der Waals surface area (Å²) in [5, 5.41) is 8.62. The van der Waals surface area contributed by atoms with Crippen LogP contribution in [0, 0.1) is 0 Å². The van der Waals surface area contributed by atoms with Crippen molar-refractivity contribution >= 4 is 11.8 Å². The Bertz CT molecular complexity index is 574. The normalized spacial score (nSPS) is 11.3. The van der Waals surface area contributed by atoms with Crippen LogP contribution in [0.2, 0.25) is 0 Å². The number of carbonyl (C=O) groups is 1. The number of benzene rings is 1. The molecule has 0 aliphatic heterocycles. The minimum absolute atomic E-state index is 0.00364. The fraction of sp³-hybridized carbons (Fsp3) is 0.632. The first-order valence-corrected chi connectivity index (χ1v) is 8.93. The minimum atomic E-state index is -0.424. The Morgan fingerprint density at radius 1 is 1.11 bits per heavy atom. The van der Waals surface area contributed by atoms with Crippen LogP contribution in [0.4, 0.5) is 10.5 Å². The molecule has 0 radical (unpaired) electrons. The zero-order valence-corrected chi connectivity index (χ0v) is 16.7. The number of nitrogens with two attached hydrogens (primary N) is 1. The van der Waals surface area contributed by atoms with Crippen molar-refractivity contribution in [2.24, 2.45) is 0 Å². The number of para-hydroxylation sites is 1. The standard InChI is InChI=1S/C19H32N2O6/c1-19(2,3)21(18(23)24-4)14-15-6-5-7-16(20)17(15)27-13-12-26-11-10-25-9-8-22/h5-7,22H,8-14,20H2,1-4H3. The lowest BCUT2D eigenvalue weighted by Gasteiger charge is -2.34. The molecule has 0 aliphatic rings. The topological polar surface area (TPSA) is 103 Å². The van der Waals surface area contributed by atoms with Crippen molar-refractivity contribution < 1.29 is 28.8 Å². The van der Waals surface area contributed by atoms with Crippen LogP contribution in [0.15, 0.2) is 18.2 Å². The van der Waals surface area contributed by atoms with Crippen LogP contribution >= 0.6 is 0 Å². The molecule has 0 fully saturated rings. The molecular formula is C19H32N2O6. The number of ether oxygens (including phenoxy) is 4. The minimum Gasteiger partial charge on any atom is -0.489 e. The van der Waals surface area contributed by atoms with E-state index in [-0.39, 0.29) is 6.61 Å². The van der Waals surface area contributed by atoms with Crippen molar-refractivity contribution in [2.75, 3.05) is 52.5 Å². The van der Waals surface area contributed by atoms with Crippen molar-refractivity contribution in [3.8, 4) is 5.75 Å². The highest BCUT2D eigenvalue weighted by Crippen LogP contribution is 2.29. The molecule has 27 heavy (non-hydrogen) atoms. The third-order valence-electron chi connectivity index (χ3n) is 3.74. The molecular weight excluding hydrogens is 352 g/mol. The maximum absolute atomic E-state index is 12.2. The van der Waals surface area contributed by atoms with E-state index in [2.05, 4.69) is 0 Å². The van der Waals surface area contributed by atoms with E-state index in [1.165, 1.54) is 7.11 Å². The van der Waals surface area contributed by atoms with Gasteiger partial charge in [0.1, 0.15) is 12.4 Å². The summed E-state index contributed by atoms with van der Waals surface area (Å²) >= 11 is 0. The van der Waals surface area contributed by atoms with Gasteiger partial charge in [-0.2, -0.15) is 0 Å². The van der Waals surface area contributed by atoms with Gasteiger partial charge in [-0.25, -0.2) is 4.79 Å². The first kappa shape index (κ1) is 23.0. The lowest BCUT2D eigenvalue weighted by Crippen LogP contribution is -2.45. The van der Waals surface area contributed by atoms with E-state index in [1.807, 2.05) is 32.9 Å². The van der Waals surface area contributed by atoms with Crippen LogP contribution in [0.3, 0.4) is 0 Å². The van der Waals surface area contributed by atoms with Crippen molar-refractivity contribution in [3.05, 3.63) is 23.8 Å². The van der Waals surface area contributed by atoms with Crippen LogP contribution in [0.5, 0.6) is 5.75 Å². The maximum Gasteiger partial charge on any atom is 0.410 e. The van der Waals surface area contributed by atoms with Crippen LogP contribution in [0.1, 0.15) is 26.3 Å². The van der Waals surface area contributed by atoms with Gasteiger partial charge < -0.3 is 29.8 Å². The first-order valence-electron chi connectivity index (χ1n) is 8.93. The lowest BCUT2D eigenvalue weighted by molar-refractivity contribution is 0.0245. The number of amides is 1. The van der Waals surface area contributed by atoms with Crippen LogP contribution in [-0.2, 0) is 20.8 Å². The van der Waals surface area contributed by atoms with Crippen molar-refractivity contribution in [3.63, 3.8) is 0 Å². The highest BCUT2D eigenvalue weighted by Gasteiger charge is 2.28. The molecule has 1 amide bonds. The summed E-state index contributed by atoms with van der Waals surface area (Å²) in [5.74, 6) is 0.538. The Hall–Kier alpha value is -2.03. The quantitative estimate of drug-likeness (QED) is 0.444. The van der Waals surface area contributed by atoms with Gasteiger partial charge in [0.05, 0.1) is 52.4 Å². The van der Waals surface area contributed by atoms with Crippen molar-refractivity contribution in [1.82, 2.24) is 4.90 Å². The van der Waals surface area contributed by atoms with Gasteiger partial charge in [-0.05, 0) is 26.8 Å². The predicted molar refractivity (Wildman–Crippen MR) is 103 cm³/mol. The molecule has 0 saturated carbocycles. The van der Waals surface area contributed by atoms with Crippen LogP contribution < -0.4 is 10.5 Å². The van der Waals surface area contributed by atoms with Gasteiger partial charge >= 0.3 is 6.09 Å². The smallest absolute Gasteiger partial charge is 0.410 e. The maximum atomic E-state index is 12.2. The summed E-state index contributed by atoms with van der Waals surface area (Å²) in [6, 6.07) is 5.45. The Balaban J connectivity index is 2.67. The molecule has 0 aliphatic carbocycles. The number of nitrogen functional groups attached to an aromatic ring is 1. The zero-order chi connectivity index (χ0) is 20.3. The molecule has 0 saturated heterocycles. The first-order chi connectivity index (χ1) is 12.8. The number of methoxy groups -OCH3 is 1. The largest absolute Gasteiger partial charge is 0.489 e. The third-order valence-corrected chi connectivity index (χ3v) is 3.74. The SMILES string of the molecule is COC(=O)N(Cc1cccc(N)c1OCCOCCOCCO)C(C)(C)C. The second kappa shape index (κ2) is 11.6. The summed E-state index contributed by atoms with van der Waals surface area (Å²) in [5.41, 5.74) is 6.93. The Morgan fingerprint density at radius 3 is 2.33 bits per heavy atom. The Kier molecular flexibility index (Phi) is 9.92. The number of carbonyl (C=O) groups excluding carboxylic acids is 1. The summed E-state index contributed by atoms with van der Waals surface area (Å²) in [6.07, 6.45) is -0.415.